The van der Waals surface area contributed by atoms with E-state index in [0.717, 1.165) is 23.3 Å². The highest BCUT2D eigenvalue weighted by molar-refractivity contribution is 6.31. The zero-order valence-corrected chi connectivity index (χ0v) is 12.7. The molecule has 0 radical (unpaired) electrons. The van der Waals surface area contributed by atoms with Gasteiger partial charge in [-0.3, -0.25) is 4.98 Å². The molecule has 5 heteroatoms. The van der Waals surface area contributed by atoms with Crippen molar-refractivity contribution in [3.05, 3.63) is 83.1 Å². The highest BCUT2D eigenvalue weighted by Gasteiger charge is 2.13. The fourth-order valence-electron chi connectivity index (χ4n) is 2.14. The van der Waals surface area contributed by atoms with E-state index >= 15 is 0 Å². The minimum atomic E-state index is -0.678. The first-order chi connectivity index (χ1) is 11.1. The summed E-state index contributed by atoms with van der Waals surface area (Å²) < 4.78 is 32.7. The standard InChI is InChI=1S/C18H12ClF2NO/c19-18-15(16(20)6-7-17(18)21)11-23-14-8-13(9-22-10-14)12-4-2-1-3-5-12/h1-10H,11H2. The third-order valence-electron chi connectivity index (χ3n) is 3.34. The highest BCUT2D eigenvalue weighted by Crippen LogP contribution is 2.26. The van der Waals surface area contributed by atoms with Crippen LogP contribution >= 0.6 is 11.6 Å². The van der Waals surface area contributed by atoms with Crippen LogP contribution in [0, 0.1) is 11.6 Å². The molecule has 3 aromatic rings. The quantitative estimate of drug-likeness (QED) is 0.608. The lowest BCUT2D eigenvalue weighted by Gasteiger charge is -2.10. The molecule has 0 aliphatic rings. The molecule has 0 bridgehead atoms. The Morgan fingerprint density at radius 2 is 1.65 bits per heavy atom. The second kappa shape index (κ2) is 6.75. The van der Waals surface area contributed by atoms with Gasteiger partial charge in [-0.2, -0.15) is 0 Å². The number of hydrogen-bond donors (Lipinski definition) is 0. The van der Waals surface area contributed by atoms with Gasteiger partial charge < -0.3 is 4.74 Å². The monoisotopic (exact) mass is 331 g/mol. The Labute approximate surface area is 137 Å². The number of rotatable bonds is 4. The summed E-state index contributed by atoms with van der Waals surface area (Å²) in [5, 5.41) is -0.267. The molecule has 0 spiro atoms. The topological polar surface area (TPSA) is 22.1 Å². The molecule has 116 valence electrons. The Balaban J connectivity index is 1.81. The molecule has 0 amide bonds. The average molecular weight is 332 g/mol. The molecular formula is C18H12ClF2NO. The maximum atomic E-state index is 13.7. The Morgan fingerprint density at radius 1 is 0.913 bits per heavy atom. The molecule has 23 heavy (non-hydrogen) atoms. The van der Waals surface area contributed by atoms with Crippen LogP contribution in [0.3, 0.4) is 0 Å². The van der Waals surface area contributed by atoms with Crippen LogP contribution in [0.2, 0.25) is 5.02 Å². The Hall–Kier alpha value is -2.46. The van der Waals surface area contributed by atoms with Gasteiger partial charge in [-0.1, -0.05) is 41.9 Å². The summed E-state index contributed by atoms with van der Waals surface area (Å²) in [7, 11) is 0. The van der Waals surface area contributed by atoms with Gasteiger partial charge in [-0.15, -0.1) is 0 Å². The molecule has 0 unspecified atom stereocenters. The van der Waals surface area contributed by atoms with Gasteiger partial charge >= 0.3 is 0 Å². The van der Waals surface area contributed by atoms with Crippen molar-refractivity contribution in [2.45, 2.75) is 6.61 Å². The van der Waals surface area contributed by atoms with E-state index in [1.807, 2.05) is 30.3 Å². The minimum Gasteiger partial charge on any atom is -0.487 e. The molecule has 2 nitrogen and oxygen atoms in total. The molecule has 0 atom stereocenters. The maximum absolute atomic E-state index is 13.7. The predicted molar refractivity (Wildman–Crippen MR) is 85.4 cm³/mol. The van der Waals surface area contributed by atoms with E-state index in [-0.39, 0.29) is 17.2 Å². The van der Waals surface area contributed by atoms with Gasteiger partial charge in [0.2, 0.25) is 0 Å². The lowest BCUT2D eigenvalue weighted by atomic mass is 10.1. The Kier molecular flexibility index (Phi) is 4.53. The third kappa shape index (κ3) is 3.48. The summed E-state index contributed by atoms with van der Waals surface area (Å²) in [5.41, 5.74) is 1.84. The number of aromatic nitrogens is 1. The highest BCUT2D eigenvalue weighted by atomic mass is 35.5. The van der Waals surface area contributed by atoms with Gasteiger partial charge in [-0.05, 0) is 23.8 Å². The molecule has 0 saturated heterocycles. The summed E-state index contributed by atoms with van der Waals surface area (Å²) in [5.74, 6) is -0.836. The van der Waals surface area contributed by atoms with Crippen LogP contribution in [0.5, 0.6) is 5.75 Å². The smallest absolute Gasteiger partial charge is 0.142 e. The van der Waals surface area contributed by atoms with Gasteiger partial charge in [0.1, 0.15) is 24.0 Å². The molecule has 0 N–H and O–H groups in total. The first-order valence-corrected chi connectivity index (χ1v) is 7.28. The van der Waals surface area contributed by atoms with Crippen molar-refractivity contribution < 1.29 is 13.5 Å². The van der Waals surface area contributed by atoms with E-state index in [1.54, 1.807) is 12.3 Å². The summed E-state index contributed by atoms with van der Waals surface area (Å²) in [6, 6.07) is 13.5. The zero-order valence-electron chi connectivity index (χ0n) is 12.0. The molecular weight excluding hydrogens is 320 g/mol. The number of hydrogen-bond acceptors (Lipinski definition) is 2. The lowest BCUT2D eigenvalue weighted by molar-refractivity contribution is 0.298. The number of benzene rings is 2. The Bertz CT molecular complexity index is 825. The molecule has 1 heterocycles. The van der Waals surface area contributed by atoms with Gasteiger partial charge in [0.25, 0.3) is 0 Å². The van der Waals surface area contributed by atoms with Crippen molar-refractivity contribution in [2.75, 3.05) is 0 Å². The summed E-state index contributed by atoms with van der Waals surface area (Å²) in [4.78, 5) is 4.11. The van der Waals surface area contributed by atoms with Crippen LogP contribution in [0.4, 0.5) is 8.78 Å². The predicted octanol–water partition coefficient (Wildman–Crippen LogP) is 5.26. The van der Waals surface area contributed by atoms with Crippen molar-refractivity contribution in [2.24, 2.45) is 0 Å². The first kappa shape index (κ1) is 15.4. The van der Waals surface area contributed by atoms with Crippen LogP contribution in [0.25, 0.3) is 11.1 Å². The average Bonchev–Trinajstić information content (AvgIpc) is 2.59. The molecule has 0 aliphatic heterocycles. The largest absolute Gasteiger partial charge is 0.487 e. The van der Waals surface area contributed by atoms with Gasteiger partial charge in [0.15, 0.2) is 0 Å². The fraction of sp³-hybridized carbons (Fsp3) is 0.0556. The summed E-state index contributed by atoms with van der Waals surface area (Å²) in [6.07, 6.45) is 3.22. The maximum Gasteiger partial charge on any atom is 0.142 e. The van der Waals surface area contributed by atoms with Crippen LogP contribution < -0.4 is 4.74 Å². The van der Waals surface area contributed by atoms with Gasteiger partial charge in [0, 0.05) is 17.3 Å². The normalized spacial score (nSPS) is 10.6. The van der Waals surface area contributed by atoms with E-state index in [1.165, 1.54) is 6.20 Å². The number of ether oxygens (including phenoxy) is 1. The summed E-state index contributed by atoms with van der Waals surface area (Å²) >= 11 is 5.78. The van der Waals surface area contributed by atoms with Gasteiger partial charge in [-0.25, -0.2) is 8.78 Å². The molecule has 0 fully saturated rings. The van der Waals surface area contributed by atoms with Crippen molar-refractivity contribution in [1.82, 2.24) is 4.98 Å². The molecule has 0 saturated carbocycles. The summed E-state index contributed by atoms with van der Waals surface area (Å²) in [6.45, 7) is -0.178. The Morgan fingerprint density at radius 3 is 2.43 bits per heavy atom. The zero-order chi connectivity index (χ0) is 16.2. The number of nitrogens with zero attached hydrogens (tertiary/aromatic N) is 1. The van der Waals surface area contributed by atoms with E-state index in [0.29, 0.717) is 5.75 Å². The lowest BCUT2D eigenvalue weighted by Crippen LogP contribution is -2.01. The third-order valence-corrected chi connectivity index (χ3v) is 3.75. The fourth-order valence-corrected chi connectivity index (χ4v) is 2.35. The van der Waals surface area contributed by atoms with E-state index in [4.69, 9.17) is 16.3 Å². The molecule has 0 aliphatic carbocycles. The number of halogens is 3. The van der Waals surface area contributed by atoms with Crippen molar-refractivity contribution >= 4 is 11.6 Å². The van der Waals surface area contributed by atoms with Crippen LogP contribution in [-0.2, 0) is 6.61 Å². The molecule has 2 aromatic carbocycles. The van der Waals surface area contributed by atoms with Crippen LogP contribution in [-0.4, -0.2) is 4.98 Å². The van der Waals surface area contributed by atoms with Crippen LogP contribution in [0.1, 0.15) is 5.56 Å². The van der Waals surface area contributed by atoms with Crippen LogP contribution in [0.15, 0.2) is 60.9 Å². The van der Waals surface area contributed by atoms with E-state index in [9.17, 15) is 8.78 Å². The van der Waals surface area contributed by atoms with Crippen molar-refractivity contribution in [3.8, 4) is 16.9 Å². The van der Waals surface area contributed by atoms with Crippen molar-refractivity contribution in [3.63, 3.8) is 0 Å². The molecule has 1 aromatic heterocycles. The van der Waals surface area contributed by atoms with E-state index in [2.05, 4.69) is 4.98 Å². The van der Waals surface area contributed by atoms with E-state index < -0.39 is 11.6 Å². The number of pyridine rings is 1. The second-order valence-corrected chi connectivity index (χ2v) is 5.26. The van der Waals surface area contributed by atoms with Crippen molar-refractivity contribution in [1.29, 1.82) is 0 Å². The first-order valence-electron chi connectivity index (χ1n) is 6.91. The second-order valence-electron chi connectivity index (χ2n) is 4.89. The molecule has 3 rings (SSSR count). The van der Waals surface area contributed by atoms with Gasteiger partial charge in [0.05, 0.1) is 11.2 Å². The minimum absolute atomic E-state index is 0.0169. The SMILES string of the molecule is Fc1ccc(F)c(COc2cncc(-c3ccccc3)c2)c1Cl.